The topological polar surface area (TPSA) is 54.6 Å². The van der Waals surface area contributed by atoms with Crippen LogP contribution in [0.1, 0.15) is 10.4 Å². The minimum absolute atomic E-state index is 0.207. The minimum Gasteiger partial charge on any atom is -0.478 e. The third kappa shape index (κ3) is 2.19. The summed E-state index contributed by atoms with van der Waals surface area (Å²) < 4.78 is 2.41. The van der Waals surface area contributed by atoms with Gasteiger partial charge in [0.2, 0.25) is 0 Å². The number of fused-ring (bicyclic) bond motifs is 1. The van der Waals surface area contributed by atoms with E-state index in [1.54, 1.807) is 22.6 Å². The average molecular weight is 352 g/mol. The Kier molecular flexibility index (Phi) is 3.23. The number of hydrogen-bond acceptors (Lipinski definition) is 2. The summed E-state index contributed by atoms with van der Waals surface area (Å²) in [6, 6.07) is 10.5. The van der Waals surface area contributed by atoms with Crippen molar-refractivity contribution >= 4 is 39.1 Å². The fraction of sp³-hybridized carbons (Fsp3) is 0. The molecular formula is C14H8BrClN2O2. The van der Waals surface area contributed by atoms with Crippen LogP contribution in [0.5, 0.6) is 0 Å². The van der Waals surface area contributed by atoms with Gasteiger partial charge in [0.15, 0.2) is 0 Å². The van der Waals surface area contributed by atoms with Gasteiger partial charge in [0.05, 0.1) is 5.56 Å². The highest BCUT2D eigenvalue weighted by molar-refractivity contribution is 9.10. The second kappa shape index (κ2) is 4.92. The molecule has 0 fully saturated rings. The molecule has 0 bridgehead atoms. The van der Waals surface area contributed by atoms with Crippen LogP contribution in [0.2, 0.25) is 5.02 Å². The molecule has 1 aromatic carbocycles. The maximum Gasteiger partial charge on any atom is 0.337 e. The molecule has 0 atom stereocenters. The lowest BCUT2D eigenvalue weighted by Crippen LogP contribution is -1.98. The first kappa shape index (κ1) is 13.1. The van der Waals surface area contributed by atoms with E-state index < -0.39 is 5.97 Å². The van der Waals surface area contributed by atoms with Crippen LogP contribution in [0.25, 0.3) is 16.9 Å². The Labute approximate surface area is 127 Å². The van der Waals surface area contributed by atoms with Gasteiger partial charge < -0.3 is 5.11 Å². The zero-order valence-corrected chi connectivity index (χ0v) is 12.4. The third-order valence-corrected chi connectivity index (χ3v) is 3.93. The molecule has 2 heterocycles. The predicted octanol–water partition coefficient (Wildman–Crippen LogP) is 4.12. The largest absolute Gasteiger partial charge is 0.478 e. The number of nitrogens with zero attached hydrogens (tertiary/aromatic N) is 2. The fourth-order valence-corrected chi connectivity index (χ4v) is 2.66. The minimum atomic E-state index is -0.972. The lowest BCUT2D eigenvalue weighted by Gasteiger charge is -1.99. The molecule has 0 unspecified atom stereocenters. The number of imidazole rings is 1. The Balaban J connectivity index is 2.20. The average Bonchev–Trinajstić information content (AvgIpc) is 2.76. The second-order valence-electron chi connectivity index (χ2n) is 4.21. The molecule has 3 rings (SSSR count). The van der Waals surface area contributed by atoms with E-state index in [4.69, 9.17) is 16.7 Å². The van der Waals surface area contributed by atoms with E-state index in [1.165, 1.54) is 12.3 Å². The Hall–Kier alpha value is -1.85. The number of carboxylic acid groups (broad SMARTS) is 1. The first-order valence-electron chi connectivity index (χ1n) is 5.73. The summed E-state index contributed by atoms with van der Waals surface area (Å²) in [7, 11) is 0. The Morgan fingerprint density at radius 1 is 1.20 bits per heavy atom. The van der Waals surface area contributed by atoms with Gasteiger partial charge in [-0.15, -0.1) is 0 Å². The van der Waals surface area contributed by atoms with E-state index in [9.17, 15) is 4.79 Å². The van der Waals surface area contributed by atoms with Gasteiger partial charge in [-0.3, -0.25) is 4.40 Å². The normalized spacial score (nSPS) is 10.9. The van der Waals surface area contributed by atoms with Gasteiger partial charge in [-0.25, -0.2) is 9.78 Å². The van der Waals surface area contributed by atoms with E-state index >= 15 is 0 Å². The van der Waals surface area contributed by atoms with Crippen molar-refractivity contribution < 1.29 is 9.90 Å². The molecule has 3 aromatic rings. The number of benzene rings is 1. The summed E-state index contributed by atoms with van der Waals surface area (Å²) in [5, 5.41) is 9.68. The van der Waals surface area contributed by atoms with Crippen LogP contribution in [-0.2, 0) is 0 Å². The van der Waals surface area contributed by atoms with Crippen LogP contribution >= 0.6 is 27.5 Å². The van der Waals surface area contributed by atoms with Crippen LogP contribution in [0.3, 0.4) is 0 Å². The number of carbonyl (C=O) groups is 1. The standard InChI is InChI=1S/C14H8BrClN2O2/c15-13-12(8-1-4-10(16)5-2-8)17-11-6-3-9(14(19)20)7-18(11)13/h1-7H,(H,19,20). The summed E-state index contributed by atoms with van der Waals surface area (Å²) in [4.78, 5) is 15.5. The summed E-state index contributed by atoms with van der Waals surface area (Å²) in [6.07, 6.45) is 1.54. The first-order chi connectivity index (χ1) is 9.56. The molecule has 1 N–H and O–H groups in total. The molecule has 100 valence electrons. The first-order valence-corrected chi connectivity index (χ1v) is 6.90. The maximum absolute atomic E-state index is 11.0. The molecule has 0 radical (unpaired) electrons. The van der Waals surface area contributed by atoms with Crippen LogP contribution in [0, 0.1) is 0 Å². The van der Waals surface area contributed by atoms with E-state index in [0.717, 1.165) is 11.3 Å². The van der Waals surface area contributed by atoms with Crippen molar-refractivity contribution in [1.82, 2.24) is 9.38 Å². The van der Waals surface area contributed by atoms with Crippen molar-refractivity contribution in [2.45, 2.75) is 0 Å². The van der Waals surface area contributed by atoms with Crippen LogP contribution in [-0.4, -0.2) is 20.5 Å². The number of halogens is 2. The molecule has 6 heteroatoms. The molecule has 0 aliphatic rings. The Morgan fingerprint density at radius 3 is 2.55 bits per heavy atom. The zero-order chi connectivity index (χ0) is 14.3. The maximum atomic E-state index is 11.0. The Bertz CT molecular complexity index is 812. The van der Waals surface area contributed by atoms with E-state index in [1.807, 2.05) is 12.1 Å². The molecule has 4 nitrogen and oxygen atoms in total. The molecule has 2 aromatic heterocycles. The van der Waals surface area contributed by atoms with Crippen molar-refractivity contribution in [1.29, 1.82) is 0 Å². The van der Waals surface area contributed by atoms with Crippen molar-refractivity contribution in [3.05, 3.63) is 57.8 Å². The van der Waals surface area contributed by atoms with Gasteiger partial charge in [-0.1, -0.05) is 23.7 Å². The predicted molar refractivity (Wildman–Crippen MR) is 80.3 cm³/mol. The monoisotopic (exact) mass is 350 g/mol. The summed E-state index contributed by atoms with van der Waals surface area (Å²) >= 11 is 9.34. The molecule has 0 saturated carbocycles. The number of pyridine rings is 1. The molecule has 0 spiro atoms. The molecule has 0 aliphatic heterocycles. The molecule has 20 heavy (non-hydrogen) atoms. The molecular weight excluding hydrogens is 344 g/mol. The van der Waals surface area contributed by atoms with Gasteiger partial charge in [0, 0.05) is 16.8 Å². The summed E-state index contributed by atoms with van der Waals surface area (Å²) in [5.74, 6) is -0.972. The quantitative estimate of drug-likeness (QED) is 0.756. The van der Waals surface area contributed by atoms with Gasteiger partial charge in [-0.05, 0) is 40.2 Å². The number of aromatic nitrogens is 2. The van der Waals surface area contributed by atoms with Crippen LogP contribution in [0.15, 0.2) is 47.2 Å². The van der Waals surface area contributed by atoms with Crippen molar-refractivity contribution in [2.75, 3.05) is 0 Å². The highest BCUT2D eigenvalue weighted by Gasteiger charge is 2.13. The number of hydrogen-bond donors (Lipinski definition) is 1. The summed E-state index contributed by atoms with van der Waals surface area (Å²) in [5.41, 5.74) is 2.52. The highest BCUT2D eigenvalue weighted by Crippen LogP contribution is 2.29. The molecule has 0 amide bonds. The summed E-state index contributed by atoms with van der Waals surface area (Å²) in [6.45, 7) is 0. The van der Waals surface area contributed by atoms with Crippen molar-refractivity contribution in [3.63, 3.8) is 0 Å². The molecule has 0 saturated heterocycles. The number of aromatic carboxylic acids is 1. The second-order valence-corrected chi connectivity index (χ2v) is 5.40. The Morgan fingerprint density at radius 2 is 1.90 bits per heavy atom. The van der Waals surface area contributed by atoms with Gasteiger partial charge in [-0.2, -0.15) is 0 Å². The van der Waals surface area contributed by atoms with Gasteiger partial charge >= 0.3 is 5.97 Å². The SMILES string of the molecule is O=C(O)c1ccc2nc(-c3ccc(Cl)cc3)c(Br)n2c1. The third-order valence-electron chi connectivity index (χ3n) is 2.92. The van der Waals surface area contributed by atoms with Crippen molar-refractivity contribution in [3.8, 4) is 11.3 Å². The molecule has 0 aliphatic carbocycles. The van der Waals surface area contributed by atoms with Gasteiger partial charge in [0.1, 0.15) is 15.9 Å². The van der Waals surface area contributed by atoms with Crippen LogP contribution in [0.4, 0.5) is 0 Å². The lowest BCUT2D eigenvalue weighted by atomic mass is 10.2. The van der Waals surface area contributed by atoms with Crippen molar-refractivity contribution in [2.24, 2.45) is 0 Å². The van der Waals surface area contributed by atoms with E-state index in [-0.39, 0.29) is 5.56 Å². The van der Waals surface area contributed by atoms with Gasteiger partial charge in [0.25, 0.3) is 0 Å². The highest BCUT2D eigenvalue weighted by atomic mass is 79.9. The van der Waals surface area contributed by atoms with E-state index in [0.29, 0.717) is 15.3 Å². The fourth-order valence-electron chi connectivity index (χ4n) is 1.93. The van der Waals surface area contributed by atoms with E-state index in [2.05, 4.69) is 20.9 Å². The number of carboxylic acids is 1. The van der Waals surface area contributed by atoms with Crippen LogP contribution < -0.4 is 0 Å². The smallest absolute Gasteiger partial charge is 0.337 e. The number of rotatable bonds is 2. The lowest BCUT2D eigenvalue weighted by molar-refractivity contribution is 0.0696. The zero-order valence-electron chi connectivity index (χ0n) is 10.0.